The Labute approximate surface area is 160 Å². The Morgan fingerprint density at radius 1 is 1.04 bits per heavy atom. The van der Waals surface area contributed by atoms with E-state index in [1.807, 2.05) is 72.0 Å². The number of hydrogen-bond donors (Lipinski definition) is 2. The van der Waals surface area contributed by atoms with E-state index in [4.69, 9.17) is 9.47 Å². The summed E-state index contributed by atoms with van der Waals surface area (Å²) in [6.45, 7) is 10.8. The molecule has 2 aromatic rings. The molecule has 1 aromatic carbocycles. The van der Waals surface area contributed by atoms with E-state index in [0.717, 1.165) is 16.5 Å². The normalized spacial score (nSPS) is 13.4. The number of aromatic amines is 1. The van der Waals surface area contributed by atoms with Crippen molar-refractivity contribution in [2.75, 3.05) is 6.54 Å². The van der Waals surface area contributed by atoms with Gasteiger partial charge in [-0.1, -0.05) is 18.2 Å². The van der Waals surface area contributed by atoms with Gasteiger partial charge in [0.1, 0.15) is 17.2 Å². The van der Waals surface area contributed by atoms with Crippen molar-refractivity contribution in [2.24, 2.45) is 0 Å². The van der Waals surface area contributed by atoms with E-state index < -0.39 is 29.2 Å². The molecule has 2 rings (SSSR count). The molecule has 0 spiro atoms. The summed E-state index contributed by atoms with van der Waals surface area (Å²) in [6.07, 6.45) is 2.29. The summed E-state index contributed by atoms with van der Waals surface area (Å²) < 4.78 is 10.8. The number of para-hydroxylation sites is 1. The molecule has 6 nitrogen and oxygen atoms in total. The first kappa shape index (κ1) is 21.0. The molecule has 1 heterocycles. The Balaban J connectivity index is 2.14. The van der Waals surface area contributed by atoms with Gasteiger partial charge in [-0.25, -0.2) is 0 Å². The molecule has 148 valence electrons. The molecule has 0 saturated heterocycles. The molecule has 0 unspecified atom stereocenters. The van der Waals surface area contributed by atoms with Gasteiger partial charge in [0.25, 0.3) is 0 Å². The molecule has 0 aliphatic carbocycles. The van der Waals surface area contributed by atoms with Gasteiger partial charge < -0.3 is 14.5 Å². The number of nitrogens with one attached hydrogen (secondary N) is 2. The van der Waals surface area contributed by atoms with Crippen LogP contribution in [-0.4, -0.2) is 40.7 Å². The maximum atomic E-state index is 12.7. The van der Waals surface area contributed by atoms with E-state index in [-0.39, 0.29) is 6.54 Å². The third-order valence-corrected chi connectivity index (χ3v) is 3.70. The number of carbonyl (C=O) groups excluding carboxylic acids is 2. The topological polar surface area (TPSA) is 80.4 Å². The predicted molar refractivity (Wildman–Crippen MR) is 105 cm³/mol. The van der Waals surface area contributed by atoms with Crippen molar-refractivity contribution in [2.45, 2.75) is 65.2 Å². The third-order valence-electron chi connectivity index (χ3n) is 3.70. The van der Waals surface area contributed by atoms with Crippen molar-refractivity contribution in [1.82, 2.24) is 10.3 Å². The molecule has 0 aliphatic heterocycles. The average molecular weight is 374 g/mol. The van der Waals surface area contributed by atoms with Gasteiger partial charge >= 0.3 is 11.9 Å². The van der Waals surface area contributed by atoms with Crippen LogP contribution in [0.3, 0.4) is 0 Å². The summed E-state index contributed by atoms with van der Waals surface area (Å²) >= 11 is 0. The number of benzene rings is 1. The molecule has 0 amide bonds. The van der Waals surface area contributed by atoms with Gasteiger partial charge in [-0.2, -0.15) is 0 Å². The zero-order valence-electron chi connectivity index (χ0n) is 17.0. The first-order valence-corrected chi connectivity index (χ1v) is 9.18. The van der Waals surface area contributed by atoms with Crippen LogP contribution >= 0.6 is 0 Å². The highest BCUT2D eigenvalue weighted by Crippen LogP contribution is 2.20. The zero-order valence-corrected chi connectivity index (χ0v) is 17.0. The fraction of sp³-hybridized carbons (Fsp3) is 0.524. The summed E-state index contributed by atoms with van der Waals surface area (Å²) in [7, 11) is 0. The van der Waals surface area contributed by atoms with Crippen LogP contribution in [0.15, 0.2) is 30.5 Å². The van der Waals surface area contributed by atoms with Crippen LogP contribution in [0.5, 0.6) is 0 Å². The standard InChI is InChI=1S/C21H30N2O4/c1-20(2,3)26-18(24)13-23-17(19(25)27-21(4,5)6)11-14-12-22-16-10-8-7-9-15(14)16/h7-10,12,17,22-23H,11,13H2,1-6H3/t17-/m0/s1. The number of fused-ring (bicyclic) bond motifs is 1. The molecular weight excluding hydrogens is 344 g/mol. The summed E-state index contributed by atoms with van der Waals surface area (Å²) in [4.78, 5) is 27.9. The van der Waals surface area contributed by atoms with Crippen molar-refractivity contribution in [3.05, 3.63) is 36.0 Å². The highest BCUT2D eigenvalue weighted by atomic mass is 16.6. The lowest BCUT2D eigenvalue weighted by molar-refractivity contribution is -0.158. The summed E-state index contributed by atoms with van der Waals surface area (Å²) in [5.41, 5.74) is 0.806. The van der Waals surface area contributed by atoms with Crippen LogP contribution < -0.4 is 5.32 Å². The minimum absolute atomic E-state index is 0.0659. The van der Waals surface area contributed by atoms with E-state index >= 15 is 0 Å². The fourth-order valence-electron chi connectivity index (χ4n) is 2.72. The molecule has 0 fully saturated rings. The van der Waals surface area contributed by atoms with Crippen LogP contribution in [0.25, 0.3) is 10.9 Å². The minimum Gasteiger partial charge on any atom is -0.459 e. The lowest BCUT2D eigenvalue weighted by atomic mass is 10.0. The molecule has 0 saturated carbocycles. The molecule has 27 heavy (non-hydrogen) atoms. The van der Waals surface area contributed by atoms with E-state index in [0.29, 0.717) is 6.42 Å². The summed E-state index contributed by atoms with van der Waals surface area (Å²) in [6, 6.07) is 7.23. The first-order valence-electron chi connectivity index (χ1n) is 9.18. The number of aromatic nitrogens is 1. The maximum Gasteiger partial charge on any atom is 0.324 e. The fourth-order valence-corrected chi connectivity index (χ4v) is 2.72. The second kappa shape index (κ2) is 8.13. The van der Waals surface area contributed by atoms with Crippen molar-refractivity contribution in [3.63, 3.8) is 0 Å². The molecule has 0 bridgehead atoms. The lowest BCUT2D eigenvalue weighted by Crippen LogP contribution is -2.45. The van der Waals surface area contributed by atoms with E-state index in [9.17, 15) is 9.59 Å². The third kappa shape index (κ3) is 6.71. The predicted octanol–water partition coefficient (Wildman–Crippen LogP) is 3.35. The number of hydrogen-bond acceptors (Lipinski definition) is 5. The molecule has 0 radical (unpaired) electrons. The van der Waals surface area contributed by atoms with Crippen LogP contribution in [0.4, 0.5) is 0 Å². The maximum absolute atomic E-state index is 12.7. The van der Waals surface area contributed by atoms with Gasteiger partial charge in [0.2, 0.25) is 0 Å². The van der Waals surface area contributed by atoms with Gasteiger partial charge in [-0.3, -0.25) is 14.9 Å². The largest absolute Gasteiger partial charge is 0.459 e. The average Bonchev–Trinajstić information content (AvgIpc) is 2.91. The Hall–Kier alpha value is -2.34. The van der Waals surface area contributed by atoms with Crippen LogP contribution in [0, 0.1) is 0 Å². The SMILES string of the molecule is CC(C)(C)OC(=O)CN[C@@H](Cc1c[nH]c2ccccc12)C(=O)OC(C)(C)C. The number of H-pyrrole nitrogens is 1. The van der Waals surface area contributed by atoms with Gasteiger partial charge in [0.15, 0.2) is 0 Å². The van der Waals surface area contributed by atoms with Crippen molar-refractivity contribution in [3.8, 4) is 0 Å². The van der Waals surface area contributed by atoms with Crippen molar-refractivity contribution in [1.29, 1.82) is 0 Å². The van der Waals surface area contributed by atoms with Crippen molar-refractivity contribution < 1.29 is 19.1 Å². The molecule has 0 aliphatic rings. The number of carbonyl (C=O) groups is 2. The smallest absolute Gasteiger partial charge is 0.324 e. The Morgan fingerprint density at radius 3 is 2.30 bits per heavy atom. The van der Waals surface area contributed by atoms with E-state index in [1.54, 1.807) is 0 Å². The quantitative estimate of drug-likeness (QED) is 0.758. The molecule has 1 aromatic heterocycles. The van der Waals surface area contributed by atoms with Crippen LogP contribution in [0.2, 0.25) is 0 Å². The molecular formula is C21H30N2O4. The van der Waals surface area contributed by atoms with Gasteiger partial charge in [0, 0.05) is 23.5 Å². The minimum atomic E-state index is -0.657. The van der Waals surface area contributed by atoms with E-state index in [1.165, 1.54) is 0 Å². The van der Waals surface area contributed by atoms with Crippen LogP contribution in [0.1, 0.15) is 47.1 Å². The lowest BCUT2D eigenvalue weighted by Gasteiger charge is -2.25. The first-order chi connectivity index (χ1) is 12.4. The van der Waals surface area contributed by atoms with Gasteiger partial charge in [-0.05, 0) is 53.2 Å². The Kier molecular flexibility index (Phi) is 6.31. The second-order valence-corrected chi connectivity index (χ2v) is 8.62. The zero-order chi connectivity index (χ0) is 20.2. The number of rotatable bonds is 6. The number of ether oxygens (including phenoxy) is 2. The Morgan fingerprint density at radius 2 is 1.67 bits per heavy atom. The van der Waals surface area contributed by atoms with Crippen molar-refractivity contribution >= 4 is 22.8 Å². The van der Waals surface area contributed by atoms with Gasteiger partial charge in [0.05, 0.1) is 6.54 Å². The highest BCUT2D eigenvalue weighted by Gasteiger charge is 2.27. The summed E-state index contributed by atoms with van der Waals surface area (Å²) in [5, 5.41) is 4.05. The van der Waals surface area contributed by atoms with Crippen LogP contribution in [-0.2, 0) is 25.5 Å². The number of esters is 2. The Bertz CT molecular complexity index is 796. The molecule has 1 atom stereocenters. The monoisotopic (exact) mass is 374 g/mol. The second-order valence-electron chi connectivity index (χ2n) is 8.62. The molecule has 6 heteroatoms. The molecule has 2 N–H and O–H groups in total. The highest BCUT2D eigenvalue weighted by molar-refractivity contribution is 5.85. The van der Waals surface area contributed by atoms with Gasteiger partial charge in [-0.15, -0.1) is 0 Å². The van der Waals surface area contributed by atoms with E-state index in [2.05, 4.69) is 10.3 Å². The summed E-state index contributed by atoms with van der Waals surface area (Å²) in [5.74, 6) is -0.800.